The van der Waals surface area contributed by atoms with E-state index >= 15 is 0 Å². The van der Waals surface area contributed by atoms with E-state index in [-0.39, 0.29) is 11.7 Å². The Hall–Kier alpha value is -1.22. The fourth-order valence-corrected chi connectivity index (χ4v) is 3.15. The van der Waals surface area contributed by atoms with Crippen LogP contribution in [0.15, 0.2) is 35.7 Å². The predicted octanol–water partition coefficient (Wildman–Crippen LogP) is 4.45. The zero-order valence-electron chi connectivity index (χ0n) is 11.0. The van der Waals surface area contributed by atoms with Crippen molar-refractivity contribution in [3.05, 3.63) is 49.7 Å². The van der Waals surface area contributed by atoms with Crippen molar-refractivity contribution in [2.45, 2.75) is 19.6 Å². The third kappa shape index (κ3) is 4.37. The van der Waals surface area contributed by atoms with Crippen LogP contribution in [0.25, 0.3) is 0 Å². The second-order valence-electron chi connectivity index (χ2n) is 4.25. The normalized spacial score (nSPS) is 12.2. The maximum absolute atomic E-state index is 12.4. The molecule has 1 amide bonds. The van der Waals surface area contributed by atoms with Crippen LogP contribution < -0.4 is 10.1 Å². The number of alkyl halides is 2. The lowest BCUT2D eigenvalue weighted by molar-refractivity contribution is -0.0506. The zero-order chi connectivity index (χ0) is 15.4. The summed E-state index contributed by atoms with van der Waals surface area (Å²) >= 11 is 3.60. The SMILES string of the molecule is CC(NC(=O)c1csc(I)c1)c1ccccc1OC(F)F. The number of rotatable bonds is 5. The Morgan fingerprint density at radius 3 is 2.71 bits per heavy atom. The molecule has 0 aliphatic carbocycles. The largest absolute Gasteiger partial charge is 0.434 e. The number of carbonyl (C=O) groups is 1. The van der Waals surface area contributed by atoms with Gasteiger partial charge in [0, 0.05) is 10.9 Å². The molecule has 1 heterocycles. The van der Waals surface area contributed by atoms with Crippen molar-refractivity contribution in [3.63, 3.8) is 0 Å². The Kier molecular flexibility index (Phi) is 5.51. The molecule has 0 spiro atoms. The van der Waals surface area contributed by atoms with Gasteiger partial charge >= 0.3 is 6.61 Å². The highest BCUT2D eigenvalue weighted by Gasteiger charge is 2.17. The molecule has 112 valence electrons. The average molecular weight is 423 g/mol. The van der Waals surface area contributed by atoms with E-state index < -0.39 is 12.7 Å². The Labute approximate surface area is 138 Å². The van der Waals surface area contributed by atoms with Crippen LogP contribution in [-0.2, 0) is 0 Å². The first-order chi connectivity index (χ1) is 9.97. The van der Waals surface area contributed by atoms with Gasteiger partial charge in [0.15, 0.2) is 0 Å². The molecule has 0 aliphatic rings. The minimum absolute atomic E-state index is 0.0696. The van der Waals surface area contributed by atoms with Gasteiger partial charge in [-0.15, -0.1) is 11.3 Å². The van der Waals surface area contributed by atoms with E-state index in [1.807, 2.05) is 0 Å². The smallest absolute Gasteiger partial charge is 0.387 e. The summed E-state index contributed by atoms with van der Waals surface area (Å²) in [7, 11) is 0. The fourth-order valence-electron chi connectivity index (χ4n) is 1.83. The van der Waals surface area contributed by atoms with E-state index in [1.54, 1.807) is 36.6 Å². The lowest BCUT2D eigenvalue weighted by atomic mass is 10.1. The molecule has 1 N–H and O–H groups in total. The van der Waals surface area contributed by atoms with Crippen LogP contribution in [0.1, 0.15) is 28.9 Å². The lowest BCUT2D eigenvalue weighted by Gasteiger charge is -2.17. The van der Waals surface area contributed by atoms with E-state index in [1.165, 1.54) is 17.4 Å². The highest BCUT2D eigenvalue weighted by Crippen LogP contribution is 2.27. The maximum Gasteiger partial charge on any atom is 0.387 e. The maximum atomic E-state index is 12.4. The van der Waals surface area contributed by atoms with Gasteiger partial charge in [-0.1, -0.05) is 18.2 Å². The first-order valence-electron chi connectivity index (χ1n) is 6.06. The summed E-state index contributed by atoms with van der Waals surface area (Å²) in [4.78, 5) is 12.1. The Morgan fingerprint density at radius 1 is 1.38 bits per heavy atom. The molecule has 0 radical (unpaired) electrons. The molecule has 0 fully saturated rings. The molecule has 7 heteroatoms. The molecule has 3 nitrogen and oxygen atoms in total. The van der Waals surface area contributed by atoms with Crippen LogP contribution >= 0.6 is 33.9 Å². The molecule has 1 unspecified atom stereocenters. The molecule has 2 aromatic rings. The molecule has 2 rings (SSSR count). The summed E-state index contributed by atoms with van der Waals surface area (Å²) in [6.07, 6.45) is 0. The van der Waals surface area contributed by atoms with Crippen molar-refractivity contribution in [2.24, 2.45) is 0 Å². The summed E-state index contributed by atoms with van der Waals surface area (Å²) in [5, 5.41) is 4.53. The minimum atomic E-state index is -2.90. The second-order valence-corrected chi connectivity index (χ2v) is 7.06. The predicted molar refractivity (Wildman–Crippen MR) is 86.0 cm³/mol. The minimum Gasteiger partial charge on any atom is -0.434 e. The summed E-state index contributed by atoms with van der Waals surface area (Å²) in [6.45, 7) is -1.17. The molecule has 0 bridgehead atoms. The summed E-state index contributed by atoms with van der Waals surface area (Å²) in [6, 6.07) is 7.76. The van der Waals surface area contributed by atoms with Gasteiger partial charge in [0.1, 0.15) is 5.75 Å². The number of thiophene rings is 1. The lowest BCUT2D eigenvalue weighted by Crippen LogP contribution is -2.26. The van der Waals surface area contributed by atoms with Crippen LogP contribution in [0.4, 0.5) is 8.78 Å². The molecular weight excluding hydrogens is 411 g/mol. The Morgan fingerprint density at radius 2 is 2.10 bits per heavy atom. The van der Waals surface area contributed by atoms with Gasteiger partial charge < -0.3 is 10.1 Å². The van der Waals surface area contributed by atoms with E-state index in [9.17, 15) is 13.6 Å². The van der Waals surface area contributed by atoms with E-state index in [0.29, 0.717) is 11.1 Å². The standard InChI is InChI=1S/C14H12F2INO2S/c1-8(18-13(19)9-6-12(17)21-7-9)10-4-2-3-5-11(10)20-14(15)16/h2-8,14H,1H3,(H,18,19). The first-order valence-corrected chi connectivity index (χ1v) is 8.02. The number of amides is 1. The van der Waals surface area contributed by atoms with Crippen LogP contribution in [-0.4, -0.2) is 12.5 Å². The van der Waals surface area contributed by atoms with E-state index in [2.05, 4.69) is 32.6 Å². The average Bonchev–Trinajstić information content (AvgIpc) is 2.85. The molecule has 0 aliphatic heterocycles. The molecule has 1 aromatic carbocycles. The van der Waals surface area contributed by atoms with Crippen LogP contribution in [0.5, 0.6) is 5.75 Å². The monoisotopic (exact) mass is 423 g/mol. The quantitative estimate of drug-likeness (QED) is 0.723. The number of carbonyl (C=O) groups excluding carboxylic acids is 1. The van der Waals surface area contributed by atoms with E-state index in [4.69, 9.17) is 0 Å². The third-order valence-corrected chi connectivity index (χ3v) is 4.57. The molecule has 1 atom stereocenters. The number of para-hydroxylation sites is 1. The van der Waals surface area contributed by atoms with Gasteiger partial charge in [0.2, 0.25) is 0 Å². The second kappa shape index (κ2) is 7.17. The van der Waals surface area contributed by atoms with E-state index in [0.717, 1.165) is 2.88 Å². The summed E-state index contributed by atoms with van der Waals surface area (Å²) in [5.41, 5.74) is 1.07. The molecule has 0 saturated heterocycles. The molecule has 0 saturated carbocycles. The number of hydrogen-bond donors (Lipinski definition) is 1. The van der Waals surface area contributed by atoms with Crippen molar-refractivity contribution in [2.75, 3.05) is 0 Å². The van der Waals surface area contributed by atoms with Gasteiger partial charge in [-0.05, 0) is 41.6 Å². The number of benzene rings is 1. The first kappa shape index (κ1) is 16.2. The summed E-state index contributed by atoms with van der Waals surface area (Å²) in [5.74, 6) is -0.172. The number of ether oxygens (including phenoxy) is 1. The van der Waals surface area contributed by atoms with Gasteiger partial charge in [0.25, 0.3) is 5.91 Å². The van der Waals surface area contributed by atoms with Crippen molar-refractivity contribution in [1.29, 1.82) is 0 Å². The highest BCUT2D eigenvalue weighted by atomic mass is 127. The highest BCUT2D eigenvalue weighted by molar-refractivity contribution is 14.1. The van der Waals surface area contributed by atoms with Crippen LogP contribution in [0, 0.1) is 2.88 Å². The number of halogens is 3. The van der Waals surface area contributed by atoms with Crippen LogP contribution in [0.2, 0.25) is 0 Å². The van der Waals surface area contributed by atoms with Crippen molar-refractivity contribution in [3.8, 4) is 5.75 Å². The van der Waals surface area contributed by atoms with Crippen molar-refractivity contribution >= 4 is 39.8 Å². The third-order valence-electron chi connectivity index (χ3n) is 2.78. The molecule has 1 aromatic heterocycles. The van der Waals surface area contributed by atoms with Gasteiger partial charge in [-0.3, -0.25) is 4.79 Å². The Bertz CT molecular complexity index is 633. The van der Waals surface area contributed by atoms with Crippen molar-refractivity contribution in [1.82, 2.24) is 5.32 Å². The van der Waals surface area contributed by atoms with Gasteiger partial charge in [-0.2, -0.15) is 8.78 Å². The van der Waals surface area contributed by atoms with Gasteiger partial charge in [0.05, 0.1) is 14.5 Å². The van der Waals surface area contributed by atoms with Crippen LogP contribution in [0.3, 0.4) is 0 Å². The Balaban J connectivity index is 2.13. The topological polar surface area (TPSA) is 38.3 Å². The molecule has 21 heavy (non-hydrogen) atoms. The van der Waals surface area contributed by atoms with Gasteiger partial charge in [-0.25, -0.2) is 0 Å². The van der Waals surface area contributed by atoms with Crippen molar-refractivity contribution < 1.29 is 18.3 Å². The zero-order valence-corrected chi connectivity index (χ0v) is 14.0. The summed E-state index contributed by atoms with van der Waals surface area (Å²) < 4.78 is 30.3. The molecular formula is C14H12F2INO2S. The fraction of sp³-hybridized carbons (Fsp3) is 0.214. The number of nitrogens with one attached hydrogen (secondary N) is 1. The number of hydrogen-bond acceptors (Lipinski definition) is 3.